The lowest BCUT2D eigenvalue weighted by atomic mass is 10.2. The molecule has 0 saturated carbocycles. The third kappa shape index (κ3) is 4.95. The predicted octanol–water partition coefficient (Wildman–Crippen LogP) is 4.07. The van der Waals surface area contributed by atoms with E-state index >= 15 is 0 Å². The average molecular weight is 371 g/mol. The van der Waals surface area contributed by atoms with Gasteiger partial charge in [0.15, 0.2) is 5.82 Å². The summed E-state index contributed by atoms with van der Waals surface area (Å²) in [6, 6.07) is 9.96. The zero-order valence-corrected chi connectivity index (χ0v) is 14.4. The van der Waals surface area contributed by atoms with E-state index in [0.717, 1.165) is 16.8 Å². The molecular weight excluding hydrogens is 354 g/mol. The fraction of sp³-hybridized carbons (Fsp3) is 0.333. The molecule has 112 valence electrons. The minimum atomic E-state index is 0.371. The molecule has 1 heterocycles. The molecule has 6 heteroatoms. The van der Waals surface area contributed by atoms with Crippen LogP contribution in [0.15, 0.2) is 34.8 Å². The van der Waals surface area contributed by atoms with Gasteiger partial charge in [-0.05, 0) is 24.6 Å². The molecule has 0 amide bonds. The first-order valence-electron chi connectivity index (χ1n) is 6.65. The summed E-state index contributed by atoms with van der Waals surface area (Å²) in [5, 5.41) is 0.428. The number of anilines is 1. The number of ether oxygens (including phenoxy) is 1. The standard InChI is InChI=1S/C15H17BrClN3O/c1-3-21-10-14-18-13(17)8-15(19-14)20(2)9-11-4-6-12(16)7-5-11/h4-8H,3,9-10H2,1-2H3. The van der Waals surface area contributed by atoms with Crippen LogP contribution in [-0.4, -0.2) is 23.6 Å². The second kappa shape index (κ2) is 7.73. The average Bonchev–Trinajstić information content (AvgIpc) is 2.47. The van der Waals surface area contributed by atoms with Crippen LogP contribution in [0.2, 0.25) is 5.15 Å². The molecule has 2 rings (SSSR count). The lowest BCUT2D eigenvalue weighted by molar-refractivity contribution is 0.128. The van der Waals surface area contributed by atoms with E-state index in [9.17, 15) is 0 Å². The van der Waals surface area contributed by atoms with Gasteiger partial charge in [-0.25, -0.2) is 9.97 Å². The summed E-state index contributed by atoms with van der Waals surface area (Å²) in [6.45, 7) is 3.68. The fourth-order valence-corrected chi connectivity index (χ4v) is 2.31. The predicted molar refractivity (Wildman–Crippen MR) is 88.6 cm³/mol. The molecule has 0 radical (unpaired) electrons. The van der Waals surface area contributed by atoms with Crippen LogP contribution in [-0.2, 0) is 17.9 Å². The molecule has 0 saturated heterocycles. The Morgan fingerprint density at radius 2 is 1.95 bits per heavy atom. The van der Waals surface area contributed by atoms with E-state index in [-0.39, 0.29) is 0 Å². The highest BCUT2D eigenvalue weighted by molar-refractivity contribution is 9.10. The van der Waals surface area contributed by atoms with Crippen molar-refractivity contribution in [1.29, 1.82) is 0 Å². The molecule has 21 heavy (non-hydrogen) atoms. The molecule has 1 aromatic heterocycles. The van der Waals surface area contributed by atoms with Gasteiger partial charge in [-0.15, -0.1) is 0 Å². The van der Waals surface area contributed by atoms with Crippen molar-refractivity contribution in [2.45, 2.75) is 20.1 Å². The summed E-state index contributed by atoms with van der Waals surface area (Å²) in [7, 11) is 1.98. The van der Waals surface area contributed by atoms with Crippen LogP contribution in [0.25, 0.3) is 0 Å². The summed E-state index contributed by atoms with van der Waals surface area (Å²) < 4.78 is 6.40. The van der Waals surface area contributed by atoms with E-state index in [1.165, 1.54) is 5.56 Å². The second-order valence-electron chi connectivity index (χ2n) is 4.58. The Balaban J connectivity index is 2.12. The Morgan fingerprint density at radius 1 is 1.24 bits per heavy atom. The smallest absolute Gasteiger partial charge is 0.158 e. The van der Waals surface area contributed by atoms with Crippen molar-refractivity contribution in [1.82, 2.24) is 9.97 Å². The van der Waals surface area contributed by atoms with Crippen LogP contribution in [0.5, 0.6) is 0 Å². The van der Waals surface area contributed by atoms with Gasteiger partial charge in [-0.1, -0.05) is 39.7 Å². The molecule has 0 aliphatic heterocycles. The van der Waals surface area contributed by atoms with E-state index in [1.54, 1.807) is 6.07 Å². The maximum Gasteiger partial charge on any atom is 0.158 e. The molecule has 0 unspecified atom stereocenters. The van der Waals surface area contributed by atoms with Gasteiger partial charge in [-0.3, -0.25) is 0 Å². The minimum Gasteiger partial charge on any atom is -0.374 e. The molecule has 2 aromatic rings. The zero-order valence-electron chi connectivity index (χ0n) is 12.0. The van der Waals surface area contributed by atoms with Crippen molar-refractivity contribution in [3.63, 3.8) is 0 Å². The van der Waals surface area contributed by atoms with Crippen LogP contribution in [0.3, 0.4) is 0 Å². The Morgan fingerprint density at radius 3 is 2.62 bits per heavy atom. The first-order chi connectivity index (χ1) is 10.1. The van der Waals surface area contributed by atoms with Crippen molar-refractivity contribution in [2.24, 2.45) is 0 Å². The van der Waals surface area contributed by atoms with Gasteiger partial charge in [0.1, 0.15) is 17.6 Å². The summed E-state index contributed by atoms with van der Waals surface area (Å²) >= 11 is 9.49. The quantitative estimate of drug-likeness (QED) is 0.719. The van der Waals surface area contributed by atoms with Gasteiger partial charge >= 0.3 is 0 Å². The van der Waals surface area contributed by atoms with Gasteiger partial charge in [0.05, 0.1) is 0 Å². The van der Waals surface area contributed by atoms with Crippen molar-refractivity contribution in [3.8, 4) is 0 Å². The Hall–Kier alpha value is -1.17. The number of hydrogen-bond acceptors (Lipinski definition) is 4. The van der Waals surface area contributed by atoms with Crippen LogP contribution < -0.4 is 4.90 Å². The van der Waals surface area contributed by atoms with Crippen LogP contribution in [0.4, 0.5) is 5.82 Å². The number of hydrogen-bond donors (Lipinski definition) is 0. The number of halogens is 2. The van der Waals surface area contributed by atoms with Crippen molar-refractivity contribution in [3.05, 3.63) is 51.3 Å². The van der Waals surface area contributed by atoms with Gasteiger partial charge in [0.25, 0.3) is 0 Å². The largest absolute Gasteiger partial charge is 0.374 e. The summed E-state index contributed by atoms with van der Waals surface area (Å²) in [4.78, 5) is 10.7. The van der Waals surface area contributed by atoms with Crippen LogP contribution >= 0.6 is 27.5 Å². The molecule has 0 aliphatic carbocycles. The van der Waals surface area contributed by atoms with Crippen LogP contribution in [0.1, 0.15) is 18.3 Å². The van der Waals surface area contributed by atoms with Gasteiger partial charge in [0, 0.05) is 30.7 Å². The van der Waals surface area contributed by atoms with E-state index in [0.29, 0.717) is 24.2 Å². The molecule has 0 bridgehead atoms. The highest BCUT2D eigenvalue weighted by atomic mass is 79.9. The Labute approximate surface area is 138 Å². The van der Waals surface area contributed by atoms with E-state index in [4.69, 9.17) is 16.3 Å². The van der Waals surface area contributed by atoms with Gasteiger partial charge < -0.3 is 9.64 Å². The SMILES string of the molecule is CCOCc1nc(Cl)cc(N(C)Cc2ccc(Br)cc2)n1. The maximum atomic E-state index is 6.06. The van der Waals surface area contributed by atoms with Crippen LogP contribution in [0, 0.1) is 0 Å². The van der Waals surface area contributed by atoms with Gasteiger partial charge in [-0.2, -0.15) is 0 Å². The van der Waals surface area contributed by atoms with E-state index < -0.39 is 0 Å². The summed E-state index contributed by atoms with van der Waals surface area (Å²) in [5.41, 5.74) is 1.20. The second-order valence-corrected chi connectivity index (χ2v) is 5.89. The number of aromatic nitrogens is 2. The number of nitrogens with zero attached hydrogens (tertiary/aromatic N) is 3. The lowest BCUT2D eigenvalue weighted by Gasteiger charge is -2.19. The van der Waals surface area contributed by atoms with E-state index in [2.05, 4.69) is 38.0 Å². The zero-order chi connectivity index (χ0) is 15.2. The van der Waals surface area contributed by atoms with E-state index in [1.807, 2.05) is 31.0 Å². The number of rotatable bonds is 6. The lowest BCUT2D eigenvalue weighted by Crippen LogP contribution is -2.18. The van der Waals surface area contributed by atoms with Gasteiger partial charge in [0.2, 0.25) is 0 Å². The number of benzene rings is 1. The summed E-state index contributed by atoms with van der Waals surface area (Å²) in [5.74, 6) is 1.38. The third-order valence-electron chi connectivity index (χ3n) is 2.89. The maximum absolute atomic E-state index is 6.06. The molecule has 0 N–H and O–H groups in total. The highest BCUT2D eigenvalue weighted by Gasteiger charge is 2.08. The molecule has 0 spiro atoms. The van der Waals surface area contributed by atoms with Crippen molar-refractivity contribution >= 4 is 33.3 Å². The molecule has 0 atom stereocenters. The molecular formula is C15H17BrClN3O. The molecule has 0 aliphatic rings. The normalized spacial score (nSPS) is 10.7. The van der Waals surface area contributed by atoms with Crippen molar-refractivity contribution in [2.75, 3.05) is 18.6 Å². The molecule has 0 fully saturated rings. The minimum absolute atomic E-state index is 0.371. The Kier molecular flexibility index (Phi) is 5.96. The monoisotopic (exact) mass is 369 g/mol. The molecule has 1 aromatic carbocycles. The first-order valence-corrected chi connectivity index (χ1v) is 7.82. The molecule has 4 nitrogen and oxygen atoms in total. The fourth-order valence-electron chi connectivity index (χ4n) is 1.85. The topological polar surface area (TPSA) is 38.2 Å². The third-order valence-corrected chi connectivity index (χ3v) is 3.61. The Bertz CT molecular complexity index is 592. The first kappa shape index (κ1) is 16.2. The highest BCUT2D eigenvalue weighted by Crippen LogP contribution is 2.18. The summed E-state index contributed by atoms with van der Waals surface area (Å²) in [6.07, 6.45) is 0. The van der Waals surface area contributed by atoms with Crippen molar-refractivity contribution < 1.29 is 4.74 Å².